The topological polar surface area (TPSA) is 129 Å². The fourth-order valence-electron chi connectivity index (χ4n) is 4.77. The number of ether oxygens (including phenoxy) is 2. The van der Waals surface area contributed by atoms with Crippen LogP contribution in [0.1, 0.15) is 33.7 Å². The van der Waals surface area contributed by atoms with Gasteiger partial charge in [0.15, 0.2) is 5.82 Å². The van der Waals surface area contributed by atoms with Crippen molar-refractivity contribution < 1.29 is 28.2 Å². The molecule has 0 amide bonds. The summed E-state index contributed by atoms with van der Waals surface area (Å²) in [5.74, 6) is -0.975. The molecule has 2 aromatic heterocycles. The monoisotopic (exact) mass is 573 g/mol. The van der Waals surface area contributed by atoms with E-state index in [0.29, 0.717) is 54.8 Å². The SMILES string of the molecule is N#Cc1ccc(COc2cccc(N3C=NN(Cc4nc5c(F)cc(C(=O)O)cc5n4CC4CCO4)CC3)n2)c(F)c1. The van der Waals surface area contributed by atoms with Gasteiger partial charge in [-0.15, -0.1) is 0 Å². The van der Waals surface area contributed by atoms with Crippen LogP contribution in [-0.4, -0.2) is 62.8 Å². The Morgan fingerprint density at radius 1 is 1.14 bits per heavy atom. The maximum absolute atomic E-state index is 14.8. The molecule has 1 fully saturated rings. The van der Waals surface area contributed by atoms with Crippen LogP contribution in [-0.2, 0) is 24.4 Å². The Balaban J connectivity index is 1.16. The Bertz CT molecular complexity index is 1730. The second-order valence-corrected chi connectivity index (χ2v) is 9.90. The van der Waals surface area contributed by atoms with Gasteiger partial charge in [-0.2, -0.15) is 15.3 Å². The second kappa shape index (κ2) is 11.4. The van der Waals surface area contributed by atoms with Gasteiger partial charge in [0.2, 0.25) is 5.88 Å². The van der Waals surface area contributed by atoms with E-state index in [-0.39, 0.29) is 35.9 Å². The maximum Gasteiger partial charge on any atom is 0.335 e. The molecule has 2 aliphatic heterocycles. The number of carbonyl (C=O) groups is 1. The fourth-order valence-corrected chi connectivity index (χ4v) is 4.77. The summed E-state index contributed by atoms with van der Waals surface area (Å²) in [5, 5.41) is 24.7. The molecule has 13 heteroatoms. The lowest BCUT2D eigenvalue weighted by molar-refractivity contribution is -0.0592. The van der Waals surface area contributed by atoms with Crippen molar-refractivity contribution >= 4 is 29.2 Å². The van der Waals surface area contributed by atoms with Gasteiger partial charge in [0.1, 0.15) is 35.9 Å². The molecule has 214 valence electrons. The van der Waals surface area contributed by atoms with Gasteiger partial charge in [-0.05, 0) is 36.8 Å². The van der Waals surface area contributed by atoms with Crippen LogP contribution in [0.15, 0.2) is 53.6 Å². The van der Waals surface area contributed by atoms with Crippen molar-refractivity contribution in [2.45, 2.75) is 32.2 Å². The summed E-state index contributed by atoms with van der Waals surface area (Å²) in [6, 6.07) is 13.8. The minimum Gasteiger partial charge on any atom is -0.478 e. The molecular formula is C29H25F2N7O4. The third kappa shape index (κ3) is 5.57. The van der Waals surface area contributed by atoms with Crippen molar-refractivity contribution in [1.29, 1.82) is 5.26 Å². The number of fused-ring (bicyclic) bond motifs is 1. The highest BCUT2D eigenvalue weighted by Crippen LogP contribution is 2.26. The number of aromatic nitrogens is 3. The molecule has 6 rings (SSSR count). The quantitative estimate of drug-likeness (QED) is 0.317. The maximum atomic E-state index is 14.8. The number of benzene rings is 2. The lowest BCUT2D eigenvalue weighted by Crippen LogP contribution is -2.38. The zero-order chi connectivity index (χ0) is 29.2. The average molecular weight is 574 g/mol. The van der Waals surface area contributed by atoms with E-state index in [0.717, 1.165) is 12.5 Å². The lowest BCUT2D eigenvalue weighted by atomic mass is 10.1. The molecule has 1 saturated heterocycles. The number of rotatable bonds is 9. The van der Waals surface area contributed by atoms with E-state index < -0.39 is 17.6 Å². The van der Waals surface area contributed by atoms with Crippen molar-refractivity contribution in [3.63, 3.8) is 0 Å². The number of anilines is 1. The summed E-state index contributed by atoms with van der Waals surface area (Å²) in [4.78, 5) is 22.4. The van der Waals surface area contributed by atoms with E-state index in [1.54, 1.807) is 29.5 Å². The van der Waals surface area contributed by atoms with Crippen LogP contribution in [0.3, 0.4) is 0 Å². The highest BCUT2D eigenvalue weighted by molar-refractivity contribution is 5.92. The average Bonchev–Trinajstić information content (AvgIpc) is 3.31. The number of nitrogens with zero attached hydrogens (tertiary/aromatic N) is 7. The highest BCUT2D eigenvalue weighted by atomic mass is 19.1. The summed E-state index contributed by atoms with van der Waals surface area (Å²) >= 11 is 0. The normalized spacial score (nSPS) is 16.4. The minimum atomic E-state index is -1.21. The van der Waals surface area contributed by atoms with Crippen LogP contribution in [0, 0.1) is 23.0 Å². The molecule has 0 radical (unpaired) electrons. The zero-order valence-electron chi connectivity index (χ0n) is 22.3. The first-order valence-corrected chi connectivity index (χ1v) is 13.3. The van der Waals surface area contributed by atoms with Crippen LogP contribution < -0.4 is 9.64 Å². The molecule has 0 aliphatic carbocycles. The minimum absolute atomic E-state index is 0.0443. The highest BCUT2D eigenvalue weighted by Gasteiger charge is 2.25. The molecule has 4 aromatic rings. The molecule has 4 heterocycles. The molecule has 2 aliphatic rings. The Hall–Kier alpha value is -5.09. The number of carboxylic acid groups (broad SMARTS) is 1. The number of pyridine rings is 1. The van der Waals surface area contributed by atoms with Crippen molar-refractivity contribution in [1.82, 2.24) is 19.5 Å². The molecule has 0 saturated carbocycles. The summed E-state index contributed by atoms with van der Waals surface area (Å²) in [5.41, 5.74) is 0.917. The second-order valence-electron chi connectivity index (χ2n) is 9.90. The first-order chi connectivity index (χ1) is 20.4. The molecule has 1 unspecified atom stereocenters. The Labute approximate surface area is 238 Å². The van der Waals surface area contributed by atoms with Gasteiger partial charge < -0.3 is 24.0 Å². The predicted molar refractivity (Wildman–Crippen MR) is 147 cm³/mol. The molecule has 0 spiro atoms. The third-order valence-corrected chi connectivity index (χ3v) is 7.15. The summed E-state index contributed by atoms with van der Waals surface area (Å²) in [6.07, 6.45) is 2.43. The first-order valence-electron chi connectivity index (χ1n) is 13.3. The van der Waals surface area contributed by atoms with Crippen molar-refractivity contribution in [3.05, 3.63) is 82.7 Å². The molecule has 0 bridgehead atoms. The van der Waals surface area contributed by atoms with Gasteiger partial charge in [-0.3, -0.25) is 5.01 Å². The Morgan fingerprint density at radius 3 is 2.69 bits per heavy atom. The number of hydrogen-bond donors (Lipinski definition) is 1. The van der Waals surface area contributed by atoms with Gasteiger partial charge in [-0.25, -0.2) is 18.6 Å². The van der Waals surface area contributed by atoms with Gasteiger partial charge in [0.05, 0.1) is 48.5 Å². The van der Waals surface area contributed by atoms with E-state index in [1.165, 1.54) is 24.3 Å². The number of aromatic carboxylic acids is 1. The first kappa shape index (κ1) is 27.1. The fraction of sp³-hybridized carbons (Fsp3) is 0.276. The molecule has 2 aromatic carbocycles. The summed E-state index contributed by atoms with van der Waals surface area (Å²) < 4.78 is 42.1. The number of imidazole rings is 1. The zero-order valence-corrected chi connectivity index (χ0v) is 22.3. The van der Waals surface area contributed by atoms with E-state index in [2.05, 4.69) is 15.1 Å². The number of halogens is 2. The molecule has 1 N–H and O–H groups in total. The van der Waals surface area contributed by atoms with Gasteiger partial charge in [0, 0.05) is 24.8 Å². The molecule has 42 heavy (non-hydrogen) atoms. The largest absolute Gasteiger partial charge is 0.478 e. The van der Waals surface area contributed by atoms with Crippen molar-refractivity contribution in [2.75, 3.05) is 24.6 Å². The predicted octanol–water partition coefficient (Wildman–Crippen LogP) is 3.91. The van der Waals surface area contributed by atoms with Gasteiger partial charge in [-0.1, -0.05) is 12.1 Å². The van der Waals surface area contributed by atoms with Crippen LogP contribution in [0.25, 0.3) is 11.0 Å². The number of hydrogen-bond acceptors (Lipinski definition) is 9. The lowest BCUT2D eigenvalue weighted by Gasteiger charge is -2.30. The van der Waals surface area contributed by atoms with Gasteiger partial charge in [0.25, 0.3) is 0 Å². The molecular weight excluding hydrogens is 548 g/mol. The summed E-state index contributed by atoms with van der Waals surface area (Å²) in [7, 11) is 0. The number of carboxylic acids is 1. The van der Waals surface area contributed by atoms with Crippen LogP contribution >= 0.6 is 0 Å². The van der Waals surface area contributed by atoms with E-state index in [9.17, 15) is 18.7 Å². The van der Waals surface area contributed by atoms with Crippen molar-refractivity contribution in [2.24, 2.45) is 5.10 Å². The van der Waals surface area contributed by atoms with Crippen LogP contribution in [0.4, 0.5) is 14.6 Å². The van der Waals surface area contributed by atoms with E-state index in [1.807, 2.05) is 15.5 Å². The molecule has 1 atom stereocenters. The van der Waals surface area contributed by atoms with Crippen molar-refractivity contribution in [3.8, 4) is 11.9 Å². The number of nitriles is 1. The van der Waals surface area contributed by atoms with Gasteiger partial charge >= 0.3 is 5.97 Å². The van der Waals surface area contributed by atoms with Crippen LogP contribution in [0.2, 0.25) is 0 Å². The third-order valence-electron chi connectivity index (χ3n) is 7.15. The van der Waals surface area contributed by atoms with E-state index >= 15 is 0 Å². The van der Waals surface area contributed by atoms with E-state index in [4.69, 9.17) is 14.7 Å². The van der Waals surface area contributed by atoms with Crippen LogP contribution in [0.5, 0.6) is 5.88 Å². The smallest absolute Gasteiger partial charge is 0.335 e. The number of hydrazone groups is 1. The Kier molecular flexibility index (Phi) is 7.37. The Morgan fingerprint density at radius 2 is 2.00 bits per heavy atom. The molecule has 11 nitrogen and oxygen atoms in total. The standard InChI is InChI=1S/C29H25F2N7O4/c30-22-10-18(13-32)4-5-19(22)16-42-27-3-1-2-25(34-27)36-7-8-37(33-17-36)15-26-35-28-23(31)11-20(29(39)40)12-24(28)38(26)14-21-6-9-41-21/h1-5,10-12,17,21H,6-9,14-16H2,(H,39,40). The summed E-state index contributed by atoms with van der Waals surface area (Å²) in [6.45, 7) is 2.36.